The van der Waals surface area contributed by atoms with Crippen LogP contribution in [0.3, 0.4) is 0 Å². The van der Waals surface area contributed by atoms with E-state index >= 15 is 0 Å². The van der Waals surface area contributed by atoms with Crippen molar-refractivity contribution in [1.82, 2.24) is 4.90 Å². The number of piperidine rings is 1. The van der Waals surface area contributed by atoms with Gasteiger partial charge in [0, 0.05) is 23.7 Å². The summed E-state index contributed by atoms with van der Waals surface area (Å²) >= 11 is 6.35. The minimum absolute atomic E-state index is 0.563. The van der Waals surface area contributed by atoms with E-state index in [1.165, 1.54) is 36.0 Å². The van der Waals surface area contributed by atoms with Crippen LogP contribution >= 0.6 is 11.6 Å². The first-order chi connectivity index (χ1) is 11.7. The predicted molar refractivity (Wildman–Crippen MR) is 102 cm³/mol. The van der Waals surface area contributed by atoms with Crippen LogP contribution in [0.25, 0.3) is 5.57 Å². The average molecular weight is 338 g/mol. The standard InChI is InChI=1S/C22H24ClN/c1-16-10-11-18(14-22(16)23)19-12-20-8-5-9-21(13-19)24(20)15-17-6-3-2-4-7-17/h2-4,6-7,10-12,14,20-21H,5,8-9,13,15H2,1H3. The van der Waals surface area contributed by atoms with Crippen molar-refractivity contribution in [3.8, 4) is 0 Å². The Morgan fingerprint density at radius 3 is 2.67 bits per heavy atom. The third kappa shape index (κ3) is 3.16. The highest BCUT2D eigenvalue weighted by Crippen LogP contribution is 2.38. The van der Waals surface area contributed by atoms with Crippen molar-refractivity contribution in [2.75, 3.05) is 0 Å². The van der Waals surface area contributed by atoms with Gasteiger partial charge in [0.2, 0.25) is 0 Å². The van der Waals surface area contributed by atoms with E-state index < -0.39 is 0 Å². The molecule has 0 aliphatic carbocycles. The van der Waals surface area contributed by atoms with Crippen LogP contribution in [0.2, 0.25) is 5.02 Å². The number of rotatable bonds is 3. The Hall–Kier alpha value is -1.57. The largest absolute Gasteiger partial charge is 0.289 e. The molecule has 0 amide bonds. The zero-order valence-corrected chi connectivity index (χ0v) is 15.0. The molecule has 124 valence electrons. The molecule has 0 saturated carbocycles. The molecule has 2 heteroatoms. The Morgan fingerprint density at radius 1 is 1.08 bits per heavy atom. The van der Waals surface area contributed by atoms with E-state index in [0.29, 0.717) is 12.1 Å². The molecule has 1 nitrogen and oxygen atoms in total. The molecule has 0 radical (unpaired) electrons. The fourth-order valence-corrected chi connectivity index (χ4v) is 4.35. The number of fused-ring (bicyclic) bond motifs is 2. The molecule has 2 bridgehead atoms. The molecule has 1 fully saturated rings. The molecule has 2 aromatic carbocycles. The van der Waals surface area contributed by atoms with Crippen LogP contribution in [0.4, 0.5) is 0 Å². The van der Waals surface area contributed by atoms with Gasteiger partial charge in [-0.2, -0.15) is 0 Å². The van der Waals surface area contributed by atoms with Crippen LogP contribution in [-0.4, -0.2) is 17.0 Å². The van der Waals surface area contributed by atoms with E-state index in [4.69, 9.17) is 11.6 Å². The number of aryl methyl sites for hydroxylation is 1. The first-order valence-corrected chi connectivity index (χ1v) is 9.35. The lowest BCUT2D eigenvalue weighted by atomic mass is 9.82. The van der Waals surface area contributed by atoms with Crippen molar-refractivity contribution in [1.29, 1.82) is 0 Å². The zero-order chi connectivity index (χ0) is 16.5. The number of nitrogens with zero attached hydrogens (tertiary/aromatic N) is 1. The summed E-state index contributed by atoms with van der Waals surface area (Å²) in [5.74, 6) is 0. The van der Waals surface area contributed by atoms with Gasteiger partial charge in [-0.1, -0.05) is 66.6 Å². The molecule has 1 saturated heterocycles. The van der Waals surface area contributed by atoms with Gasteiger partial charge in [-0.3, -0.25) is 4.90 Å². The van der Waals surface area contributed by atoms with E-state index in [0.717, 1.165) is 23.6 Å². The Bertz CT molecular complexity index is 750. The van der Waals surface area contributed by atoms with Gasteiger partial charge in [-0.05, 0) is 54.5 Å². The molecule has 2 heterocycles. The molecule has 2 aliphatic rings. The molecule has 0 spiro atoms. The SMILES string of the molecule is Cc1ccc(C2=CC3CCCC(C2)N3Cc2ccccc2)cc1Cl. The number of hydrogen-bond acceptors (Lipinski definition) is 1. The normalized spacial score (nSPS) is 23.8. The second kappa shape index (κ2) is 6.74. The third-order valence-corrected chi connectivity index (χ3v) is 5.94. The molecule has 24 heavy (non-hydrogen) atoms. The van der Waals surface area contributed by atoms with Crippen LogP contribution in [0.15, 0.2) is 54.6 Å². The summed E-state index contributed by atoms with van der Waals surface area (Å²) in [6, 6.07) is 18.6. The van der Waals surface area contributed by atoms with Crippen molar-refractivity contribution >= 4 is 17.2 Å². The number of halogens is 1. The summed E-state index contributed by atoms with van der Waals surface area (Å²) in [5.41, 5.74) is 5.37. The van der Waals surface area contributed by atoms with Crippen LogP contribution in [0.5, 0.6) is 0 Å². The second-order valence-electron chi connectivity index (χ2n) is 7.17. The van der Waals surface area contributed by atoms with Gasteiger partial charge in [0.05, 0.1) is 0 Å². The first kappa shape index (κ1) is 15.9. The van der Waals surface area contributed by atoms with Crippen LogP contribution in [0.1, 0.15) is 42.4 Å². The van der Waals surface area contributed by atoms with E-state index in [1.807, 2.05) is 0 Å². The molecule has 2 unspecified atom stereocenters. The summed E-state index contributed by atoms with van der Waals surface area (Å²) in [6.07, 6.45) is 7.56. The van der Waals surface area contributed by atoms with Crippen molar-refractivity contribution in [3.63, 3.8) is 0 Å². The molecule has 2 aromatic rings. The minimum Gasteiger partial charge on any atom is -0.289 e. The van der Waals surface area contributed by atoms with Gasteiger partial charge in [0.15, 0.2) is 0 Å². The van der Waals surface area contributed by atoms with Gasteiger partial charge in [-0.15, -0.1) is 0 Å². The smallest absolute Gasteiger partial charge is 0.0441 e. The van der Waals surface area contributed by atoms with E-state index in [9.17, 15) is 0 Å². The van der Waals surface area contributed by atoms with Gasteiger partial charge >= 0.3 is 0 Å². The van der Waals surface area contributed by atoms with E-state index in [-0.39, 0.29) is 0 Å². The van der Waals surface area contributed by atoms with Gasteiger partial charge in [0.1, 0.15) is 0 Å². The van der Waals surface area contributed by atoms with Crippen LogP contribution in [0, 0.1) is 6.92 Å². The van der Waals surface area contributed by atoms with Gasteiger partial charge in [-0.25, -0.2) is 0 Å². The Balaban J connectivity index is 1.61. The molecule has 4 rings (SSSR count). The maximum atomic E-state index is 6.35. The van der Waals surface area contributed by atoms with Crippen molar-refractivity contribution in [2.24, 2.45) is 0 Å². The van der Waals surface area contributed by atoms with Crippen molar-refractivity contribution < 1.29 is 0 Å². The van der Waals surface area contributed by atoms with Crippen molar-refractivity contribution in [2.45, 2.75) is 51.2 Å². The maximum Gasteiger partial charge on any atom is 0.0441 e. The fraction of sp³-hybridized carbons (Fsp3) is 0.364. The summed E-state index contributed by atoms with van der Waals surface area (Å²) in [4.78, 5) is 2.71. The highest BCUT2D eigenvalue weighted by atomic mass is 35.5. The quantitative estimate of drug-likeness (QED) is 0.678. The lowest BCUT2D eigenvalue weighted by Gasteiger charge is -2.45. The van der Waals surface area contributed by atoms with E-state index in [2.05, 4.69) is 66.4 Å². The van der Waals surface area contributed by atoms with E-state index in [1.54, 1.807) is 0 Å². The predicted octanol–water partition coefficient (Wildman–Crippen LogP) is 5.86. The first-order valence-electron chi connectivity index (χ1n) is 8.97. The monoisotopic (exact) mass is 337 g/mol. The van der Waals surface area contributed by atoms with Gasteiger partial charge in [0.25, 0.3) is 0 Å². The summed E-state index contributed by atoms with van der Waals surface area (Å²) in [5, 5.41) is 0.880. The Labute approximate surface area is 149 Å². The summed E-state index contributed by atoms with van der Waals surface area (Å²) in [6.45, 7) is 3.13. The third-order valence-electron chi connectivity index (χ3n) is 5.53. The lowest BCUT2D eigenvalue weighted by Crippen LogP contribution is -2.47. The summed E-state index contributed by atoms with van der Waals surface area (Å²) < 4.78 is 0. The van der Waals surface area contributed by atoms with Crippen LogP contribution in [-0.2, 0) is 6.54 Å². The highest BCUT2D eigenvalue weighted by molar-refractivity contribution is 6.31. The fourth-order valence-electron chi connectivity index (χ4n) is 4.16. The molecule has 2 aliphatic heterocycles. The summed E-state index contributed by atoms with van der Waals surface area (Å²) in [7, 11) is 0. The lowest BCUT2D eigenvalue weighted by molar-refractivity contribution is 0.0951. The molecule has 2 atom stereocenters. The Morgan fingerprint density at radius 2 is 1.92 bits per heavy atom. The Kier molecular flexibility index (Phi) is 4.47. The number of hydrogen-bond donors (Lipinski definition) is 0. The van der Waals surface area contributed by atoms with Crippen molar-refractivity contribution in [3.05, 3.63) is 76.3 Å². The second-order valence-corrected chi connectivity index (χ2v) is 7.58. The van der Waals surface area contributed by atoms with Crippen LogP contribution < -0.4 is 0 Å². The maximum absolute atomic E-state index is 6.35. The number of benzene rings is 2. The minimum atomic E-state index is 0.563. The molecular weight excluding hydrogens is 314 g/mol. The topological polar surface area (TPSA) is 3.24 Å². The molecule has 0 aromatic heterocycles. The van der Waals surface area contributed by atoms with Gasteiger partial charge < -0.3 is 0 Å². The average Bonchev–Trinajstić information content (AvgIpc) is 2.58. The molecular formula is C22H24ClN. The zero-order valence-electron chi connectivity index (χ0n) is 14.2. The molecule has 0 N–H and O–H groups in total. The highest BCUT2D eigenvalue weighted by Gasteiger charge is 2.34.